The molecular formula is C17H18N2O. The van der Waals surface area contributed by atoms with Crippen LogP contribution in [0.4, 0.5) is 0 Å². The maximum atomic E-state index is 6.07. The van der Waals surface area contributed by atoms with Crippen LogP contribution in [0.1, 0.15) is 28.5 Å². The Balaban J connectivity index is 2.12. The zero-order chi connectivity index (χ0) is 14.1. The zero-order valence-electron chi connectivity index (χ0n) is 12.0. The fraction of sp³-hybridized carbons (Fsp3) is 0.235. The second-order valence-corrected chi connectivity index (χ2v) is 5.10. The summed E-state index contributed by atoms with van der Waals surface area (Å²) in [6.07, 6.45) is 3.71. The highest BCUT2D eigenvalue weighted by atomic mass is 16.3. The molecule has 1 unspecified atom stereocenters. The fourth-order valence-electron chi connectivity index (χ4n) is 2.60. The number of pyridine rings is 1. The van der Waals surface area contributed by atoms with Crippen molar-refractivity contribution in [3.8, 4) is 0 Å². The molecule has 0 bridgehead atoms. The van der Waals surface area contributed by atoms with E-state index in [2.05, 4.69) is 48.4 Å². The molecule has 1 aromatic carbocycles. The van der Waals surface area contributed by atoms with E-state index in [9.17, 15) is 0 Å². The molecule has 1 atom stereocenters. The quantitative estimate of drug-likeness (QED) is 0.784. The standard InChI is InChI=1S/C17H18N2O/c1-11-7-8-19-10-14(11)16(18-3)15-9-13-6-4-5-12(2)17(13)20-15/h4-10,16,18H,1-3H3. The third kappa shape index (κ3) is 2.10. The summed E-state index contributed by atoms with van der Waals surface area (Å²) in [6.45, 7) is 4.16. The monoisotopic (exact) mass is 266 g/mol. The van der Waals surface area contributed by atoms with E-state index in [-0.39, 0.29) is 6.04 Å². The molecule has 2 aromatic heterocycles. The van der Waals surface area contributed by atoms with Crippen molar-refractivity contribution in [3.63, 3.8) is 0 Å². The van der Waals surface area contributed by atoms with Crippen LogP contribution in [0.5, 0.6) is 0 Å². The number of aromatic nitrogens is 1. The van der Waals surface area contributed by atoms with Crippen LogP contribution in [0, 0.1) is 13.8 Å². The number of para-hydroxylation sites is 1. The van der Waals surface area contributed by atoms with Crippen molar-refractivity contribution in [2.75, 3.05) is 7.05 Å². The lowest BCUT2D eigenvalue weighted by Crippen LogP contribution is -2.18. The minimum Gasteiger partial charge on any atom is -0.459 e. The lowest BCUT2D eigenvalue weighted by Gasteiger charge is -2.15. The van der Waals surface area contributed by atoms with Crippen molar-refractivity contribution in [1.29, 1.82) is 0 Å². The molecule has 1 N–H and O–H groups in total. The SMILES string of the molecule is CNC(c1cc2cccc(C)c2o1)c1cnccc1C. The van der Waals surface area contributed by atoms with Gasteiger partial charge in [-0.3, -0.25) is 4.98 Å². The van der Waals surface area contributed by atoms with Gasteiger partial charge in [0.2, 0.25) is 0 Å². The van der Waals surface area contributed by atoms with Crippen LogP contribution < -0.4 is 5.32 Å². The first-order valence-corrected chi connectivity index (χ1v) is 6.77. The molecule has 0 saturated heterocycles. The Bertz CT molecular complexity index is 746. The van der Waals surface area contributed by atoms with Crippen LogP contribution in [-0.2, 0) is 0 Å². The molecule has 3 aromatic rings. The summed E-state index contributed by atoms with van der Waals surface area (Å²) in [5.74, 6) is 0.924. The second-order valence-electron chi connectivity index (χ2n) is 5.10. The highest BCUT2D eigenvalue weighted by molar-refractivity contribution is 5.81. The van der Waals surface area contributed by atoms with Gasteiger partial charge < -0.3 is 9.73 Å². The minimum absolute atomic E-state index is 0.0236. The Morgan fingerprint density at radius 1 is 1.15 bits per heavy atom. The van der Waals surface area contributed by atoms with Gasteiger partial charge in [-0.05, 0) is 49.7 Å². The lowest BCUT2D eigenvalue weighted by atomic mass is 10.0. The van der Waals surface area contributed by atoms with E-state index in [0.717, 1.165) is 27.9 Å². The highest BCUT2D eigenvalue weighted by Crippen LogP contribution is 2.30. The summed E-state index contributed by atoms with van der Waals surface area (Å²) >= 11 is 0. The molecule has 3 heteroatoms. The average Bonchev–Trinajstić information content (AvgIpc) is 2.87. The first-order chi connectivity index (χ1) is 9.70. The number of benzene rings is 1. The van der Waals surface area contributed by atoms with Crippen LogP contribution in [0.25, 0.3) is 11.0 Å². The third-order valence-corrected chi connectivity index (χ3v) is 3.72. The van der Waals surface area contributed by atoms with Crippen molar-refractivity contribution in [1.82, 2.24) is 10.3 Å². The van der Waals surface area contributed by atoms with Gasteiger partial charge in [-0.15, -0.1) is 0 Å². The number of rotatable bonds is 3. The number of fused-ring (bicyclic) bond motifs is 1. The zero-order valence-corrected chi connectivity index (χ0v) is 12.0. The van der Waals surface area contributed by atoms with Crippen molar-refractivity contribution in [2.24, 2.45) is 0 Å². The molecular weight excluding hydrogens is 248 g/mol. The van der Waals surface area contributed by atoms with Gasteiger partial charge in [0.1, 0.15) is 11.3 Å². The van der Waals surface area contributed by atoms with Crippen molar-refractivity contribution >= 4 is 11.0 Å². The molecule has 0 aliphatic heterocycles. The van der Waals surface area contributed by atoms with Gasteiger partial charge in [-0.25, -0.2) is 0 Å². The largest absolute Gasteiger partial charge is 0.459 e. The normalized spacial score (nSPS) is 12.8. The highest BCUT2D eigenvalue weighted by Gasteiger charge is 2.19. The molecule has 102 valence electrons. The molecule has 2 heterocycles. The molecule has 0 radical (unpaired) electrons. The van der Waals surface area contributed by atoms with E-state index >= 15 is 0 Å². The Hall–Kier alpha value is -2.13. The Kier molecular flexibility index (Phi) is 3.28. The summed E-state index contributed by atoms with van der Waals surface area (Å²) in [4.78, 5) is 4.23. The predicted octanol–water partition coefficient (Wildman–Crippen LogP) is 3.75. The van der Waals surface area contributed by atoms with E-state index in [4.69, 9.17) is 4.42 Å². The molecule has 0 aliphatic carbocycles. The molecule has 0 amide bonds. The van der Waals surface area contributed by atoms with E-state index in [1.807, 2.05) is 25.5 Å². The summed E-state index contributed by atoms with van der Waals surface area (Å²) in [7, 11) is 1.94. The van der Waals surface area contributed by atoms with Crippen LogP contribution in [0.2, 0.25) is 0 Å². The smallest absolute Gasteiger partial charge is 0.137 e. The van der Waals surface area contributed by atoms with Crippen LogP contribution in [0.15, 0.2) is 47.1 Å². The van der Waals surface area contributed by atoms with Crippen LogP contribution in [-0.4, -0.2) is 12.0 Å². The van der Waals surface area contributed by atoms with Crippen LogP contribution in [0.3, 0.4) is 0 Å². The van der Waals surface area contributed by atoms with Gasteiger partial charge in [0.05, 0.1) is 6.04 Å². The maximum Gasteiger partial charge on any atom is 0.137 e. The fourth-order valence-corrected chi connectivity index (χ4v) is 2.60. The predicted molar refractivity (Wildman–Crippen MR) is 80.8 cm³/mol. The molecule has 3 nitrogen and oxygen atoms in total. The summed E-state index contributed by atoms with van der Waals surface area (Å²) in [5.41, 5.74) is 4.47. The topological polar surface area (TPSA) is 38.1 Å². The van der Waals surface area contributed by atoms with Gasteiger partial charge in [-0.1, -0.05) is 18.2 Å². The number of hydrogen-bond acceptors (Lipinski definition) is 3. The van der Waals surface area contributed by atoms with Crippen LogP contribution >= 0.6 is 0 Å². The number of hydrogen-bond donors (Lipinski definition) is 1. The molecule has 3 rings (SSSR count). The van der Waals surface area contributed by atoms with Crippen molar-refractivity contribution in [2.45, 2.75) is 19.9 Å². The van der Waals surface area contributed by atoms with E-state index in [0.29, 0.717) is 0 Å². The average molecular weight is 266 g/mol. The summed E-state index contributed by atoms with van der Waals surface area (Å²) in [6, 6.07) is 10.4. The number of furan rings is 1. The Labute approximate surface area is 118 Å². The van der Waals surface area contributed by atoms with Gasteiger partial charge in [0.15, 0.2) is 0 Å². The molecule has 0 aliphatic rings. The third-order valence-electron chi connectivity index (χ3n) is 3.72. The van der Waals surface area contributed by atoms with Gasteiger partial charge >= 0.3 is 0 Å². The molecule has 0 fully saturated rings. The summed E-state index contributed by atoms with van der Waals surface area (Å²) in [5, 5.41) is 4.46. The first-order valence-electron chi connectivity index (χ1n) is 6.77. The lowest BCUT2D eigenvalue weighted by molar-refractivity contribution is 0.489. The second kappa shape index (κ2) is 5.10. The first kappa shape index (κ1) is 12.9. The molecule has 20 heavy (non-hydrogen) atoms. The van der Waals surface area contributed by atoms with Gasteiger partial charge in [0.25, 0.3) is 0 Å². The van der Waals surface area contributed by atoms with Crippen molar-refractivity contribution in [3.05, 3.63) is 65.2 Å². The minimum atomic E-state index is 0.0236. The maximum absolute atomic E-state index is 6.07. The Morgan fingerprint density at radius 2 is 2.00 bits per heavy atom. The molecule has 0 spiro atoms. The Morgan fingerprint density at radius 3 is 2.70 bits per heavy atom. The number of nitrogens with one attached hydrogen (secondary N) is 1. The van der Waals surface area contributed by atoms with Gasteiger partial charge in [0, 0.05) is 17.8 Å². The van der Waals surface area contributed by atoms with Gasteiger partial charge in [-0.2, -0.15) is 0 Å². The summed E-state index contributed by atoms with van der Waals surface area (Å²) < 4.78 is 6.07. The molecule has 0 saturated carbocycles. The number of aryl methyl sites for hydroxylation is 2. The van der Waals surface area contributed by atoms with E-state index in [1.165, 1.54) is 5.56 Å². The van der Waals surface area contributed by atoms with E-state index < -0.39 is 0 Å². The van der Waals surface area contributed by atoms with E-state index in [1.54, 1.807) is 0 Å². The number of nitrogens with zero attached hydrogens (tertiary/aromatic N) is 1. The van der Waals surface area contributed by atoms with Crippen molar-refractivity contribution < 1.29 is 4.42 Å².